The maximum absolute atomic E-state index is 9.21. The molecule has 1 rings (SSSR count). The lowest BCUT2D eigenvalue weighted by Crippen LogP contribution is -2.20. The SMILES string of the molecule is C=CCCC(CO)Oc1cccc(CC=C)c1. The van der Waals surface area contributed by atoms with Crippen molar-refractivity contribution in [3.05, 3.63) is 55.1 Å². The number of ether oxygens (including phenoxy) is 1. The maximum atomic E-state index is 9.21. The van der Waals surface area contributed by atoms with Gasteiger partial charge in [-0.15, -0.1) is 13.2 Å². The van der Waals surface area contributed by atoms with Gasteiger partial charge in [-0.3, -0.25) is 0 Å². The van der Waals surface area contributed by atoms with E-state index >= 15 is 0 Å². The molecular formula is C15H20O2. The minimum atomic E-state index is -0.160. The molecule has 1 aromatic rings. The highest BCUT2D eigenvalue weighted by Crippen LogP contribution is 2.17. The first-order valence-corrected chi connectivity index (χ1v) is 5.88. The average Bonchev–Trinajstić information content (AvgIpc) is 2.35. The largest absolute Gasteiger partial charge is 0.488 e. The third-order valence-electron chi connectivity index (χ3n) is 2.48. The highest BCUT2D eigenvalue weighted by atomic mass is 16.5. The molecular weight excluding hydrogens is 212 g/mol. The van der Waals surface area contributed by atoms with E-state index < -0.39 is 0 Å². The van der Waals surface area contributed by atoms with Gasteiger partial charge < -0.3 is 9.84 Å². The lowest BCUT2D eigenvalue weighted by Gasteiger charge is -2.16. The fraction of sp³-hybridized carbons (Fsp3) is 0.333. The van der Waals surface area contributed by atoms with Crippen LogP contribution in [0, 0.1) is 0 Å². The van der Waals surface area contributed by atoms with Gasteiger partial charge >= 0.3 is 0 Å². The molecule has 0 aliphatic rings. The quantitative estimate of drug-likeness (QED) is 0.698. The maximum Gasteiger partial charge on any atom is 0.122 e. The van der Waals surface area contributed by atoms with Crippen molar-refractivity contribution in [3.8, 4) is 5.75 Å². The van der Waals surface area contributed by atoms with E-state index in [9.17, 15) is 5.11 Å². The normalized spacial score (nSPS) is 11.8. The lowest BCUT2D eigenvalue weighted by molar-refractivity contribution is 0.109. The van der Waals surface area contributed by atoms with E-state index in [1.165, 1.54) is 0 Å². The second kappa shape index (κ2) is 7.69. The van der Waals surface area contributed by atoms with Crippen LogP contribution in [0.4, 0.5) is 0 Å². The van der Waals surface area contributed by atoms with Crippen LogP contribution in [0.5, 0.6) is 5.75 Å². The van der Waals surface area contributed by atoms with E-state index in [1.807, 2.05) is 36.4 Å². The molecule has 0 amide bonds. The zero-order chi connectivity index (χ0) is 12.5. The fourth-order valence-corrected chi connectivity index (χ4v) is 1.60. The lowest BCUT2D eigenvalue weighted by atomic mass is 10.1. The molecule has 0 saturated carbocycles. The molecule has 0 aromatic heterocycles. The standard InChI is InChI=1S/C15H20O2/c1-3-5-9-15(12-16)17-14-10-6-8-13(11-14)7-4-2/h3-4,6,8,10-11,15-16H,1-2,5,7,9,12H2. The smallest absolute Gasteiger partial charge is 0.122 e. The first kappa shape index (κ1) is 13.5. The Morgan fingerprint density at radius 1 is 1.29 bits per heavy atom. The number of hydrogen-bond acceptors (Lipinski definition) is 2. The predicted molar refractivity (Wildman–Crippen MR) is 71.3 cm³/mol. The Hall–Kier alpha value is -1.54. The molecule has 92 valence electrons. The molecule has 17 heavy (non-hydrogen) atoms. The van der Waals surface area contributed by atoms with Gasteiger partial charge in [-0.2, -0.15) is 0 Å². The molecule has 0 aliphatic heterocycles. The summed E-state index contributed by atoms with van der Waals surface area (Å²) in [5.74, 6) is 0.799. The van der Waals surface area contributed by atoms with Crippen molar-refractivity contribution in [2.24, 2.45) is 0 Å². The van der Waals surface area contributed by atoms with E-state index in [0.717, 1.165) is 30.6 Å². The minimum absolute atomic E-state index is 0.0273. The van der Waals surface area contributed by atoms with Gasteiger partial charge in [-0.05, 0) is 37.0 Å². The summed E-state index contributed by atoms with van der Waals surface area (Å²) in [5.41, 5.74) is 1.16. The van der Waals surface area contributed by atoms with Crippen molar-refractivity contribution in [2.75, 3.05) is 6.61 Å². The van der Waals surface area contributed by atoms with Crippen molar-refractivity contribution >= 4 is 0 Å². The van der Waals surface area contributed by atoms with Gasteiger partial charge in [0.15, 0.2) is 0 Å². The Balaban J connectivity index is 2.61. The second-order valence-electron chi connectivity index (χ2n) is 3.93. The van der Waals surface area contributed by atoms with Crippen molar-refractivity contribution in [3.63, 3.8) is 0 Å². The van der Waals surface area contributed by atoms with Crippen LogP contribution in [0.3, 0.4) is 0 Å². The predicted octanol–water partition coefficient (Wildman–Crippen LogP) is 3.12. The zero-order valence-electron chi connectivity index (χ0n) is 10.1. The molecule has 1 aromatic carbocycles. The molecule has 0 aliphatic carbocycles. The van der Waals surface area contributed by atoms with Crippen molar-refractivity contribution < 1.29 is 9.84 Å². The van der Waals surface area contributed by atoms with E-state index in [4.69, 9.17) is 4.74 Å². The Morgan fingerprint density at radius 3 is 2.76 bits per heavy atom. The van der Waals surface area contributed by atoms with Crippen LogP contribution in [-0.4, -0.2) is 17.8 Å². The Morgan fingerprint density at radius 2 is 2.12 bits per heavy atom. The summed E-state index contributed by atoms with van der Waals surface area (Å²) in [6.07, 6.45) is 5.99. The second-order valence-corrected chi connectivity index (χ2v) is 3.93. The molecule has 1 unspecified atom stereocenters. The minimum Gasteiger partial charge on any atom is -0.488 e. The number of hydrogen-bond donors (Lipinski definition) is 1. The Kier molecular flexibility index (Phi) is 6.12. The summed E-state index contributed by atoms with van der Waals surface area (Å²) < 4.78 is 5.72. The van der Waals surface area contributed by atoms with Crippen LogP contribution in [0.25, 0.3) is 0 Å². The number of aliphatic hydroxyl groups excluding tert-OH is 1. The van der Waals surface area contributed by atoms with Gasteiger partial charge in [0.25, 0.3) is 0 Å². The Bertz CT molecular complexity index is 358. The Labute approximate surface area is 103 Å². The molecule has 0 bridgehead atoms. The molecule has 1 N–H and O–H groups in total. The average molecular weight is 232 g/mol. The molecule has 0 heterocycles. The van der Waals surface area contributed by atoms with Crippen LogP contribution < -0.4 is 4.74 Å². The van der Waals surface area contributed by atoms with Crippen LogP contribution >= 0.6 is 0 Å². The molecule has 1 atom stereocenters. The summed E-state index contributed by atoms with van der Waals surface area (Å²) in [7, 11) is 0. The van der Waals surface area contributed by atoms with Crippen LogP contribution in [-0.2, 0) is 6.42 Å². The number of aliphatic hydroxyl groups is 1. The molecule has 0 saturated heterocycles. The van der Waals surface area contributed by atoms with Crippen LogP contribution in [0.15, 0.2) is 49.6 Å². The van der Waals surface area contributed by atoms with E-state index in [-0.39, 0.29) is 12.7 Å². The van der Waals surface area contributed by atoms with Crippen molar-refractivity contribution in [1.82, 2.24) is 0 Å². The van der Waals surface area contributed by atoms with Gasteiger partial charge in [0.2, 0.25) is 0 Å². The van der Waals surface area contributed by atoms with E-state index in [0.29, 0.717) is 0 Å². The topological polar surface area (TPSA) is 29.5 Å². The third kappa shape index (κ3) is 4.87. The van der Waals surface area contributed by atoms with Gasteiger partial charge in [-0.1, -0.05) is 24.3 Å². The van der Waals surface area contributed by atoms with Gasteiger partial charge in [0.05, 0.1) is 6.61 Å². The summed E-state index contributed by atoms with van der Waals surface area (Å²) in [6, 6.07) is 7.88. The monoisotopic (exact) mass is 232 g/mol. The zero-order valence-corrected chi connectivity index (χ0v) is 10.1. The van der Waals surface area contributed by atoms with Crippen LogP contribution in [0.1, 0.15) is 18.4 Å². The highest BCUT2D eigenvalue weighted by Gasteiger charge is 2.08. The summed E-state index contributed by atoms with van der Waals surface area (Å²) >= 11 is 0. The van der Waals surface area contributed by atoms with Gasteiger partial charge in [0.1, 0.15) is 11.9 Å². The number of rotatable bonds is 8. The fourth-order valence-electron chi connectivity index (χ4n) is 1.60. The van der Waals surface area contributed by atoms with E-state index in [1.54, 1.807) is 0 Å². The molecule has 0 fully saturated rings. The molecule has 2 heteroatoms. The summed E-state index contributed by atoms with van der Waals surface area (Å²) in [4.78, 5) is 0. The number of allylic oxidation sites excluding steroid dienone is 2. The van der Waals surface area contributed by atoms with Gasteiger partial charge in [-0.25, -0.2) is 0 Å². The highest BCUT2D eigenvalue weighted by molar-refractivity contribution is 5.29. The third-order valence-corrected chi connectivity index (χ3v) is 2.48. The molecule has 0 radical (unpaired) electrons. The van der Waals surface area contributed by atoms with E-state index in [2.05, 4.69) is 13.2 Å². The van der Waals surface area contributed by atoms with Crippen LogP contribution in [0.2, 0.25) is 0 Å². The van der Waals surface area contributed by atoms with Gasteiger partial charge in [0, 0.05) is 0 Å². The number of benzene rings is 1. The molecule has 2 nitrogen and oxygen atoms in total. The first-order valence-electron chi connectivity index (χ1n) is 5.88. The molecule has 0 spiro atoms. The first-order chi connectivity index (χ1) is 8.30. The van der Waals surface area contributed by atoms with Crippen molar-refractivity contribution in [2.45, 2.75) is 25.4 Å². The summed E-state index contributed by atoms with van der Waals surface area (Å²) in [6.45, 7) is 7.40. The van der Waals surface area contributed by atoms with Crippen molar-refractivity contribution in [1.29, 1.82) is 0 Å². The summed E-state index contributed by atoms with van der Waals surface area (Å²) in [5, 5.41) is 9.21.